The average molecular weight is 436 g/mol. The molecule has 0 amide bonds. The maximum absolute atomic E-state index is 11.5. The van der Waals surface area contributed by atoms with Crippen LogP contribution in [0.15, 0.2) is 36.7 Å². The minimum atomic E-state index is -0.137. The van der Waals surface area contributed by atoms with Crippen LogP contribution >= 0.6 is 0 Å². The Morgan fingerprint density at radius 2 is 2.06 bits per heavy atom. The Kier molecular flexibility index (Phi) is 6.62. The first-order valence-corrected chi connectivity index (χ1v) is 10.8. The number of Topliss-reactive ketones (excluding diaryl/α,β-unsaturated/α-hetero) is 1. The number of carbonyl (C=O) groups is 1. The number of nitrogens with zero attached hydrogens (tertiary/aromatic N) is 5. The van der Waals surface area contributed by atoms with Crippen LogP contribution in [0.5, 0.6) is 5.88 Å². The molecule has 8 heteroatoms. The SMILES string of the molecule is CC(=O)CN1CCO[C@H](COc2nc(-c3ccc(N(C)C)c(C)c3)cc3nccnc23)C1. The molecule has 3 heterocycles. The number of aryl methyl sites for hydroxylation is 1. The number of hydrogen-bond donors (Lipinski definition) is 0. The van der Waals surface area contributed by atoms with E-state index in [0.717, 1.165) is 34.6 Å². The van der Waals surface area contributed by atoms with E-state index >= 15 is 0 Å². The highest BCUT2D eigenvalue weighted by molar-refractivity contribution is 5.83. The molecule has 0 spiro atoms. The highest BCUT2D eigenvalue weighted by atomic mass is 16.5. The Morgan fingerprint density at radius 3 is 2.81 bits per heavy atom. The molecule has 0 bridgehead atoms. The Morgan fingerprint density at radius 1 is 1.25 bits per heavy atom. The first-order valence-electron chi connectivity index (χ1n) is 10.8. The Balaban J connectivity index is 1.59. The maximum atomic E-state index is 11.5. The molecule has 0 unspecified atom stereocenters. The van der Waals surface area contributed by atoms with Crippen LogP contribution in [0.3, 0.4) is 0 Å². The Bertz CT molecular complexity index is 1120. The van der Waals surface area contributed by atoms with Crippen molar-refractivity contribution in [1.82, 2.24) is 19.9 Å². The van der Waals surface area contributed by atoms with Gasteiger partial charge in [-0.15, -0.1) is 0 Å². The van der Waals surface area contributed by atoms with Crippen LogP contribution in [0, 0.1) is 6.92 Å². The van der Waals surface area contributed by atoms with E-state index in [9.17, 15) is 4.79 Å². The van der Waals surface area contributed by atoms with Crippen LogP contribution in [-0.4, -0.2) is 78.7 Å². The van der Waals surface area contributed by atoms with Crippen LogP contribution < -0.4 is 9.64 Å². The summed E-state index contributed by atoms with van der Waals surface area (Å²) in [5.74, 6) is 0.588. The van der Waals surface area contributed by atoms with Crippen LogP contribution in [-0.2, 0) is 9.53 Å². The van der Waals surface area contributed by atoms with Crippen molar-refractivity contribution in [2.75, 3.05) is 51.8 Å². The summed E-state index contributed by atoms with van der Waals surface area (Å²) in [5.41, 5.74) is 5.45. The summed E-state index contributed by atoms with van der Waals surface area (Å²) < 4.78 is 12.0. The number of hydrogen-bond acceptors (Lipinski definition) is 8. The highest BCUT2D eigenvalue weighted by Gasteiger charge is 2.23. The lowest BCUT2D eigenvalue weighted by atomic mass is 10.1. The number of benzene rings is 1. The van der Waals surface area contributed by atoms with Gasteiger partial charge < -0.3 is 14.4 Å². The number of pyridine rings is 1. The molecule has 4 rings (SSSR count). The van der Waals surface area contributed by atoms with Crippen LogP contribution in [0.4, 0.5) is 5.69 Å². The van der Waals surface area contributed by atoms with E-state index in [1.54, 1.807) is 19.3 Å². The maximum Gasteiger partial charge on any atom is 0.242 e. The molecule has 2 aromatic heterocycles. The molecule has 0 N–H and O–H groups in total. The van der Waals surface area contributed by atoms with Gasteiger partial charge in [-0.3, -0.25) is 14.7 Å². The van der Waals surface area contributed by atoms with Gasteiger partial charge in [-0.25, -0.2) is 9.97 Å². The minimum Gasteiger partial charge on any atom is -0.473 e. The number of ether oxygens (including phenoxy) is 2. The molecule has 1 aliphatic heterocycles. The van der Waals surface area contributed by atoms with Crippen molar-refractivity contribution in [3.05, 3.63) is 42.2 Å². The third-order valence-corrected chi connectivity index (χ3v) is 5.47. The predicted octanol–water partition coefficient (Wildman–Crippen LogP) is 2.73. The number of morpholine rings is 1. The summed E-state index contributed by atoms with van der Waals surface area (Å²) in [6.45, 7) is 6.43. The van der Waals surface area contributed by atoms with Gasteiger partial charge in [0.15, 0.2) is 5.52 Å². The first-order chi connectivity index (χ1) is 15.4. The number of anilines is 1. The molecule has 3 aromatic rings. The van der Waals surface area contributed by atoms with Crippen molar-refractivity contribution < 1.29 is 14.3 Å². The van der Waals surface area contributed by atoms with Crippen molar-refractivity contribution in [1.29, 1.82) is 0 Å². The molecule has 1 aromatic carbocycles. The van der Waals surface area contributed by atoms with Gasteiger partial charge in [0.25, 0.3) is 0 Å². The average Bonchev–Trinajstić information content (AvgIpc) is 2.76. The van der Waals surface area contributed by atoms with E-state index in [1.165, 1.54) is 0 Å². The zero-order valence-electron chi connectivity index (χ0n) is 19.0. The van der Waals surface area contributed by atoms with Gasteiger partial charge in [-0.2, -0.15) is 0 Å². The van der Waals surface area contributed by atoms with E-state index in [-0.39, 0.29) is 11.9 Å². The van der Waals surface area contributed by atoms with Gasteiger partial charge in [0.2, 0.25) is 5.88 Å². The van der Waals surface area contributed by atoms with Crippen molar-refractivity contribution in [3.8, 4) is 17.1 Å². The number of carbonyl (C=O) groups excluding carboxylic acids is 1. The van der Waals surface area contributed by atoms with Gasteiger partial charge in [-0.1, -0.05) is 6.07 Å². The normalized spacial score (nSPS) is 16.8. The molecule has 1 saturated heterocycles. The lowest BCUT2D eigenvalue weighted by molar-refractivity contribution is -0.120. The molecule has 1 fully saturated rings. The van der Waals surface area contributed by atoms with E-state index < -0.39 is 0 Å². The fraction of sp³-hybridized carbons (Fsp3) is 0.417. The summed E-state index contributed by atoms with van der Waals surface area (Å²) in [6, 6.07) is 8.20. The topological polar surface area (TPSA) is 80.7 Å². The summed E-state index contributed by atoms with van der Waals surface area (Å²) in [4.78, 5) is 29.3. The zero-order chi connectivity index (χ0) is 22.7. The summed E-state index contributed by atoms with van der Waals surface area (Å²) in [5, 5.41) is 0. The summed E-state index contributed by atoms with van der Waals surface area (Å²) >= 11 is 0. The molecule has 1 atom stereocenters. The number of ketones is 1. The molecular formula is C24H29N5O3. The molecule has 1 aliphatic rings. The molecule has 0 aliphatic carbocycles. The lowest BCUT2D eigenvalue weighted by Crippen LogP contribution is -2.46. The standard InChI is InChI=1S/C24H29N5O3/c1-16-11-18(5-6-22(16)28(3)4)20-12-21-23(26-8-7-25-21)24(27-20)32-15-19-14-29(9-10-31-19)13-17(2)30/h5-8,11-12,19H,9-10,13-15H2,1-4H3/t19-/m0/s1. The van der Waals surface area contributed by atoms with Crippen LogP contribution in [0.1, 0.15) is 12.5 Å². The zero-order valence-corrected chi connectivity index (χ0v) is 19.0. The van der Waals surface area contributed by atoms with Crippen LogP contribution in [0.25, 0.3) is 22.3 Å². The second kappa shape index (κ2) is 9.58. The third kappa shape index (κ3) is 5.03. The summed E-state index contributed by atoms with van der Waals surface area (Å²) in [6.07, 6.45) is 3.17. The van der Waals surface area contributed by atoms with E-state index in [0.29, 0.717) is 37.7 Å². The van der Waals surface area contributed by atoms with E-state index in [2.05, 4.69) is 44.9 Å². The molecular weight excluding hydrogens is 406 g/mol. The molecule has 168 valence electrons. The number of rotatable bonds is 7. The number of fused-ring (bicyclic) bond motifs is 1. The van der Waals surface area contributed by atoms with Crippen molar-refractivity contribution in [3.63, 3.8) is 0 Å². The predicted molar refractivity (Wildman–Crippen MR) is 124 cm³/mol. The smallest absolute Gasteiger partial charge is 0.242 e. The lowest BCUT2D eigenvalue weighted by Gasteiger charge is -2.31. The van der Waals surface area contributed by atoms with Crippen molar-refractivity contribution in [2.24, 2.45) is 0 Å². The molecule has 8 nitrogen and oxygen atoms in total. The Labute approximate surface area is 188 Å². The van der Waals surface area contributed by atoms with Gasteiger partial charge >= 0.3 is 0 Å². The van der Waals surface area contributed by atoms with Gasteiger partial charge in [0, 0.05) is 50.8 Å². The second-order valence-electron chi connectivity index (χ2n) is 8.37. The first kappa shape index (κ1) is 22.1. The van der Waals surface area contributed by atoms with Gasteiger partial charge in [-0.05, 0) is 37.6 Å². The highest BCUT2D eigenvalue weighted by Crippen LogP contribution is 2.30. The monoisotopic (exact) mass is 435 g/mol. The van der Waals surface area contributed by atoms with E-state index in [1.807, 2.05) is 20.2 Å². The quantitative estimate of drug-likeness (QED) is 0.560. The van der Waals surface area contributed by atoms with E-state index in [4.69, 9.17) is 14.5 Å². The largest absolute Gasteiger partial charge is 0.473 e. The Hall–Kier alpha value is -3.10. The fourth-order valence-corrected chi connectivity index (χ4v) is 4.02. The summed E-state index contributed by atoms with van der Waals surface area (Å²) in [7, 11) is 4.06. The third-order valence-electron chi connectivity index (χ3n) is 5.47. The van der Waals surface area contributed by atoms with Crippen LogP contribution in [0.2, 0.25) is 0 Å². The van der Waals surface area contributed by atoms with Crippen molar-refractivity contribution in [2.45, 2.75) is 20.0 Å². The number of aromatic nitrogens is 3. The molecule has 32 heavy (non-hydrogen) atoms. The molecule has 0 saturated carbocycles. The fourth-order valence-electron chi connectivity index (χ4n) is 4.02. The van der Waals surface area contributed by atoms with Gasteiger partial charge in [0.05, 0.1) is 24.4 Å². The van der Waals surface area contributed by atoms with Gasteiger partial charge in [0.1, 0.15) is 18.5 Å². The minimum absolute atomic E-state index is 0.137. The van der Waals surface area contributed by atoms with Crippen molar-refractivity contribution >= 4 is 22.5 Å². The molecule has 0 radical (unpaired) electrons. The second-order valence-corrected chi connectivity index (χ2v) is 8.37.